The van der Waals surface area contributed by atoms with Crippen LogP contribution in [0.1, 0.15) is 5.56 Å². The smallest absolute Gasteiger partial charge is 0.0351 e. The first-order valence-corrected chi connectivity index (χ1v) is 7.64. The van der Waals surface area contributed by atoms with Gasteiger partial charge in [0, 0.05) is 48.5 Å². The van der Waals surface area contributed by atoms with Crippen LogP contribution in [0, 0.1) is 10.5 Å². The van der Waals surface area contributed by atoms with Gasteiger partial charge in [0.15, 0.2) is 0 Å². The fourth-order valence-corrected chi connectivity index (χ4v) is 2.65. The highest BCUT2D eigenvalue weighted by Gasteiger charge is 2.12. The number of nitrogens with zero attached hydrogens (tertiary/aromatic N) is 2. The standard InChI is InChI=1S/C14H22IN3/c1-12-3-4-13(11-14(12)15)16-5-6-18-9-7-17(2)8-10-18/h3-4,11,16H,5-10H2,1-2H3. The van der Waals surface area contributed by atoms with Crippen LogP contribution in [-0.4, -0.2) is 56.1 Å². The van der Waals surface area contributed by atoms with Crippen molar-refractivity contribution >= 4 is 28.3 Å². The van der Waals surface area contributed by atoms with Crippen LogP contribution in [-0.2, 0) is 0 Å². The second kappa shape index (κ2) is 6.73. The van der Waals surface area contributed by atoms with Gasteiger partial charge < -0.3 is 10.2 Å². The van der Waals surface area contributed by atoms with Crippen LogP contribution in [0.15, 0.2) is 18.2 Å². The van der Waals surface area contributed by atoms with Gasteiger partial charge in [0.25, 0.3) is 0 Å². The maximum Gasteiger partial charge on any atom is 0.0351 e. The van der Waals surface area contributed by atoms with Gasteiger partial charge in [-0.05, 0) is 54.3 Å². The van der Waals surface area contributed by atoms with E-state index in [9.17, 15) is 0 Å². The van der Waals surface area contributed by atoms with Crippen LogP contribution in [0.4, 0.5) is 5.69 Å². The summed E-state index contributed by atoms with van der Waals surface area (Å²) in [5.41, 5.74) is 2.58. The topological polar surface area (TPSA) is 18.5 Å². The van der Waals surface area contributed by atoms with Crippen molar-refractivity contribution in [2.45, 2.75) is 6.92 Å². The second-order valence-electron chi connectivity index (χ2n) is 5.04. The van der Waals surface area contributed by atoms with E-state index >= 15 is 0 Å². The lowest BCUT2D eigenvalue weighted by Crippen LogP contribution is -2.45. The average molecular weight is 359 g/mol. The van der Waals surface area contributed by atoms with Gasteiger partial charge in [0.2, 0.25) is 0 Å². The molecule has 0 radical (unpaired) electrons. The van der Waals surface area contributed by atoms with E-state index in [2.05, 4.69) is 69.9 Å². The molecule has 1 heterocycles. The highest BCUT2D eigenvalue weighted by Crippen LogP contribution is 2.16. The molecule has 2 rings (SSSR count). The molecular weight excluding hydrogens is 337 g/mol. The average Bonchev–Trinajstić information content (AvgIpc) is 2.36. The summed E-state index contributed by atoms with van der Waals surface area (Å²) in [7, 11) is 2.20. The van der Waals surface area contributed by atoms with E-state index in [0.717, 1.165) is 13.1 Å². The predicted octanol–water partition coefficient (Wildman–Crippen LogP) is 2.26. The van der Waals surface area contributed by atoms with Crippen molar-refractivity contribution in [1.29, 1.82) is 0 Å². The van der Waals surface area contributed by atoms with Crippen LogP contribution < -0.4 is 5.32 Å². The van der Waals surface area contributed by atoms with Crippen molar-refractivity contribution in [3.63, 3.8) is 0 Å². The zero-order valence-corrected chi connectivity index (χ0v) is 13.4. The highest BCUT2D eigenvalue weighted by atomic mass is 127. The summed E-state index contributed by atoms with van der Waals surface area (Å²) in [6.07, 6.45) is 0. The van der Waals surface area contributed by atoms with Gasteiger partial charge in [-0.25, -0.2) is 0 Å². The summed E-state index contributed by atoms with van der Waals surface area (Å²) in [6.45, 7) is 9.11. The van der Waals surface area contributed by atoms with E-state index in [1.807, 2.05) is 0 Å². The molecule has 1 fully saturated rings. The highest BCUT2D eigenvalue weighted by molar-refractivity contribution is 14.1. The molecule has 0 spiro atoms. The van der Waals surface area contributed by atoms with E-state index in [1.54, 1.807) is 0 Å². The molecule has 1 aromatic carbocycles. The predicted molar refractivity (Wildman–Crippen MR) is 86.3 cm³/mol. The first kappa shape index (κ1) is 14.1. The third-order valence-electron chi connectivity index (χ3n) is 3.52. The minimum absolute atomic E-state index is 1.03. The van der Waals surface area contributed by atoms with Crippen molar-refractivity contribution < 1.29 is 0 Å². The van der Waals surface area contributed by atoms with E-state index in [4.69, 9.17) is 0 Å². The maximum atomic E-state index is 3.51. The first-order valence-electron chi connectivity index (χ1n) is 6.56. The Hall–Kier alpha value is -0.330. The van der Waals surface area contributed by atoms with Crippen molar-refractivity contribution in [1.82, 2.24) is 9.80 Å². The number of likely N-dealkylation sites (N-methyl/N-ethyl adjacent to an activating group) is 1. The second-order valence-corrected chi connectivity index (χ2v) is 6.20. The molecule has 0 unspecified atom stereocenters. The van der Waals surface area contributed by atoms with Gasteiger partial charge in [0.1, 0.15) is 0 Å². The molecule has 0 atom stereocenters. The number of hydrogen-bond acceptors (Lipinski definition) is 3. The molecule has 0 aliphatic carbocycles. The summed E-state index contributed by atoms with van der Waals surface area (Å²) in [4.78, 5) is 4.93. The Labute approximate surface area is 124 Å². The fourth-order valence-electron chi connectivity index (χ4n) is 2.13. The molecule has 4 heteroatoms. The van der Waals surface area contributed by atoms with E-state index < -0.39 is 0 Å². The molecule has 3 nitrogen and oxygen atoms in total. The van der Waals surface area contributed by atoms with Crippen LogP contribution in [0.2, 0.25) is 0 Å². The lowest BCUT2D eigenvalue weighted by Gasteiger charge is -2.32. The van der Waals surface area contributed by atoms with Gasteiger partial charge in [-0.1, -0.05) is 6.07 Å². The third-order valence-corrected chi connectivity index (χ3v) is 4.69. The quantitative estimate of drug-likeness (QED) is 0.833. The maximum absolute atomic E-state index is 3.51. The summed E-state index contributed by atoms with van der Waals surface area (Å²) in [5.74, 6) is 0. The molecule has 0 amide bonds. The summed E-state index contributed by atoms with van der Waals surface area (Å²) in [5, 5.41) is 3.51. The molecule has 1 saturated heterocycles. The van der Waals surface area contributed by atoms with E-state index in [-0.39, 0.29) is 0 Å². The monoisotopic (exact) mass is 359 g/mol. The van der Waals surface area contributed by atoms with Crippen molar-refractivity contribution in [2.24, 2.45) is 0 Å². The van der Waals surface area contributed by atoms with Gasteiger partial charge in [0.05, 0.1) is 0 Å². The lowest BCUT2D eigenvalue weighted by atomic mass is 10.2. The summed E-state index contributed by atoms with van der Waals surface area (Å²) in [6, 6.07) is 6.57. The van der Waals surface area contributed by atoms with E-state index in [1.165, 1.54) is 41.0 Å². The molecule has 0 saturated carbocycles. The Morgan fingerprint density at radius 3 is 2.61 bits per heavy atom. The Morgan fingerprint density at radius 1 is 1.22 bits per heavy atom. The first-order chi connectivity index (χ1) is 8.65. The van der Waals surface area contributed by atoms with Gasteiger partial charge >= 0.3 is 0 Å². The van der Waals surface area contributed by atoms with E-state index in [0.29, 0.717) is 0 Å². The molecular formula is C14H22IN3. The van der Waals surface area contributed by atoms with Gasteiger partial charge in [-0.3, -0.25) is 4.90 Å². The number of anilines is 1. The van der Waals surface area contributed by atoms with Crippen LogP contribution in [0.25, 0.3) is 0 Å². The van der Waals surface area contributed by atoms with Gasteiger partial charge in [-0.15, -0.1) is 0 Å². The molecule has 100 valence electrons. The Morgan fingerprint density at radius 2 is 1.94 bits per heavy atom. The Balaban J connectivity index is 1.73. The number of aryl methyl sites for hydroxylation is 1. The number of piperazine rings is 1. The Bertz CT molecular complexity index is 387. The van der Waals surface area contributed by atoms with Gasteiger partial charge in [-0.2, -0.15) is 0 Å². The van der Waals surface area contributed by atoms with Crippen molar-refractivity contribution in [3.05, 3.63) is 27.3 Å². The number of benzene rings is 1. The third kappa shape index (κ3) is 4.10. The zero-order valence-electron chi connectivity index (χ0n) is 11.2. The summed E-state index contributed by atoms with van der Waals surface area (Å²) < 4.78 is 1.33. The number of nitrogens with one attached hydrogen (secondary N) is 1. The lowest BCUT2D eigenvalue weighted by molar-refractivity contribution is 0.158. The molecule has 18 heavy (non-hydrogen) atoms. The van der Waals surface area contributed by atoms with Crippen LogP contribution >= 0.6 is 22.6 Å². The van der Waals surface area contributed by atoms with Crippen molar-refractivity contribution in [2.75, 3.05) is 51.6 Å². The summed E-state index contributed by atoms with van der Waals surface area (Å²) >= 11 is 2.39. The number of halogens is 1. The Kier molecular flexibility index (Phi) is 5.26. The normalized spacial score (nSPS) is 17.9. The molecule has 1 aromatic rings. The minimum atomic E-state index is 1.03. The molecule has 1 N–H and O–H groups in total. The van der Waals surface area contributed by atoms with Crippen molar-refractivity contribution in [3.8, 4) is 0 Å². The fraction of sp³-hybridized carbons (Fsp3) is 0.571. The molecule has 0 aromatic heterocycles. The van der Waals surface area contributed by atoms with Crippen LogP contribution in [0.5, 0.6) is 0 Å². The van der Waals surface area contributed by atoms with Crippen LogP contribution in [0.3, 0.4) is 0 Å². The number of rotatable bonds is 4. The SMILES string of the molecule is Cc1ccc(NCCN2CCN(C)CC2)cc1I. The zero-order chi connectivity index (χ0) is 13.0. The number of hydrogen-bond donors (Lipinski definition) is 1. The molecule has 1 aliphatic rings. The molecule has 1 aliphatic heterocycles. The molecule has 0 bridgehead atoms. The largest absolute Gasteiger partial charge is 0.384 e. The minimum Gasteiger partial charge on any atom is -0.384 e.